The van der Waals surface area contributed by atoms with E-state index in [1.54, 1.807) is 12.1 Å². The molecular weight excluding hydrogens is 251 g/mol. The van der Waals surface area contributed by atoms with Crippen LogP contribution in [-0.2, 0) is 6.54 Å². The summed E-state index contributed by atoms with van der Waals surface area (Å²) in [7, 11) is 0. The summed E-state index contributed by atoms with van der Waals surface area (Å²) in [5, 5.41) is 4.36. The first-order valence-electron chi connectivity index (χ1n) is 6.55. The lowest BCUT2D eigenvalue weighted by Crippen LogP contribution is -1.99. The summed E-state index contributed by atoms with van der Waals surface area (Å²) in [6.45, 7) is 2.72. The van der Waals surface area contributed by atoms with E-state index in [2.05, 4.69) is 36.3 Å². The molecule has 1 heterocycles. The van der Waals surface area contributed by atoms with E-state index >= 15 is 0 Å². The Morgan fingerprint density at radius 1 is 0.950 bits per heavy atom. The van der Waals surface area contributed by atoms with Crippen LogP contribution < -0.4 is 0 Å². The monoisotopic (exact) mass is 266 g/mol. The van der Waals surface area contributed by atoms with Crippen LogP contribution in [0.5, 0.6) is 0 Å². The Hall–Kier alpha value is -2.42. The number of nitrogens with zero attached hydrogens (tertiary/aromatic N) is 2. The third kappa shape index (κ3) is 2.77. The summed E-state index contributed by atoms with van der Waals surface area (Å²) in [4.78, 5) is 0. The van der Waals surface area contributed by atoms with Crippen molar-refractivity contribution in [1.29, 1.82) is 0 Å². The van der Waals surface area contributed by atoms with Crippen LogP contribution in [0, 0.1) is 12.7 Å². The number of benzene rings is 2. The van der Waals surface area contributed by atoms with Crippen molar-refractivity contribution in [2.45, 2.75) is 13.5 Å². The molecule has 0 saturated heterocycles. The first-order valence-corrected chi connectivity index (χ1v) is 6.55. The minimum absolute atomic E-state index is 0.213. The average molecular weight is 266 g/mol. The zero-order valence-corrected chi connectivity index (χ0v) is 11.3. The molecular formula is C17H15FN2. The molecule has 2 nitrogen and oxygen atoms in total. The second kappa shape index (κ2) is 5.29. The summed E-state index contributed by atoms with van der Waals surface area (Å²) in [5.74, 6) is -0.213. The molecule has 1 aromatic heterocycles. The lowest BCUT2D eigenvalue weighted by Gasteiger charge is -2.01. The largest absolute Gasteiger partial charge is 0.268 e. The van der Waals surface area contributed by atoms with Gasteiger partial charge in [0.25, 0.3) is 0 Å². The first kappa shape index (κ1) is 12.6. The van der Waals surface area contributed by atoms with Crippen molar-refractivity contribution in [1.82, 2.24) is 9.78 Å². The fourth-order valence-electron chi connectivity index (χ4n) is 2.12. The Bertz CT molecular complexity index is 697. The number of aromatic nitrogens is 2. The molecule has 3 heteroatoms. The van der Waals surface area contributed by atoms with Crippen LogP contribution in [0.3, 0.4) is 0 Å². The number of rotatable bonds is 3. The van der Waals surface area contributed by atoms with Crippen LogP contribution in [-0.4, -0.2) is 9.78 Å². The Labute approximate surface area is 117 Å². The molecule has 2 aromatic carbocycles. The third-order valence-corrected chi connectivity index (χ3v) is 3.28. The summed E-state index contributed by atoms with van der Waals surface area (Å²) in [6.07, 6.45) is 3.86. The minimum atomic E-state index is -0.213. The second-order valence-electron chi connectivity index (χ2n) is 4.92. The third-order valence-electron chi connectivity index (χ3n) is 3.28. The lowest BCUT2D eigenvalue weighted by molar-refractivity contribution is 0.624. The molecule has 0 aliphatic carbocycles. The summed E-state index contributed by atoms with van der Waals surface area (Å²) in [5.41, 5.74) is 4.52. The predicted molar refractivity (Wildman–Crippen MR) is 77.9 cm³/mol. The summed E-state index contributed by atoms with van der Waals surface area (Å²) < 4.78 is 14.7. The van der Waals surface area contributed by atoms with Crippen molar-refractivity contribution in [3.8, 4) is 11.1 Å². The average Bonchev–Trinajstić information content (AvgIpc) is 2.91. The molecule has 0 unspecified atom stereocenters. The number of hydrogen-bond donors (Lipinski definition) is 0. The molecule has 0 spiro atoms. The molecule has 0 saturated carbocycles. The molecule has 0 fully saturated rings. The van der Waals surface area contributed by atoms with Gasteiger partial charge in [-0.1, -0.05) is 42.0 Å². The van der Waals surface area contributed by atoms with Crippen LogP contribution in [0.4, 0.5) is 4.39 Å². The molecule has 3 aromatic rings. The van der Waals surface area contributed by atoms with E-state index in [1.807, 2.05) is 17.1 Å². The van der Waals surface area contributed by atoms with E-state index in [4.69, 9.17) is 0 Å². The van der Waals surface area contributed by atoms with Crippen LogP contribution in [0.1, 0.15) is 11.1 Å². The number of hydrogen-bond acceptors (Lipinski definition) is 1. The highest BCUT2D eigenvalue weighted by atomic mass is 19.1. The van der Waals surface area contributed by atoms with Gasteiger partial charge in [0, 0.05) is 11.8 Å². The molecule has 0 bridgehead atoms. The van der Waals surface area contributed by atoms with Gasteiger partial charge in [0.05, 0.1) is 12.7 Å². The molecule has 0 aliphatic heterocycles. The normalized spacial score (nSPS) is 10.7. The van der Waals surface area contributed by atoms with Crippen molar-refractivity contribution in [2.24, 2.45) is 0 Å². The van der Waals surface area contributed by atoms with Crippen molar-refractivity contribution in [3.05, 3.63) is 77.9 Å². The minimum Gasteiger partial charge on any atom is -0.268 e. The molecule has 3 rings (SSSR count). The maximum atomic E-state index is 12.9. The Morgan fingerprint density at radius 3 is 2.35 bits per heavy atom. The Balaban J connectivity index is 1.80. The van der Waals surface area contributed by atoms with E-state index in [-0.39, 0.29) is 5.82 Å². The van der Waals surface area contributed by atoms with Gasteiger partial charge >= 0.3 is 0 Å². The molecule has 100 valence electrons. The molecule has 20 heavy (non-hydrogen) atoms. The van der Waals surface area contributed by atoms with Gasteiger partial charge in [0.1, 0.15) is 5.82 Å². The zero-order chi connectivity index (χ0) is 13.9. The van der Waals surface area contributed by atoms with Crippen molar-refractivity contribution < 1.29 is 4.39 Å². The highest BCUT2D eigenvalue weighted by Gasteiger charge is 2.02. The van der Waals surface area contributed by atoms with E-state index in [0.717, 1.165) is 16.7 Å². The molecule has 0 amide bonds. The van der Waals surface area contributed by atoms with Crippen LogP contribution in [0.25, 0.3) is 11.1 Å². The van der Waals surface area contributed by atoms with Crippen LogP contribution in [0.15, 0.2) is 60.9 Å². The van der Waals surface area contributed by atoms with Gasteiger partial charge in [-0.25, -0.2) is 4.39 Å². The first-order chi connectivity index (χ1) is 9.70. The van der Waals surface area contributed by atoms with E-state index in [1.165, 1.54) is 17.7 Å². The standard InChI is InChI=1S/C17H15FN2/c1-13-2-6-15(7-3-13)16-10-19-20(12-16)11-14-4-8-17(18)9-5-14/h2-10,12H,11H2,1H3. The van der Waals surface area contributed by atoms with E-state index in [0.29, 0.717) is 6.54 Å². The van der Waals surface area contributed by atoms with Gasteiger partial charge in [-0.2, -0.15) is 5.10 Å². The lowest BCUT2D eigenvalue weighted by atomic mass is 10.1. The van der Waals surface area contributed by atoms with Crippen LogP contribution >= 0.6 is 0 Å². The molecule has 0 aliphatic rings. The van der Waals surface area contributed by atoms with Crippen LogP contribution in [0.2, 0.25) is 0 Å². The topological polar surface area (TPSA) is 17.8 Å². The van der Waals surface area contributed by atoms with Crippen molar-refractivity contribution >= 4 is 0 Å². The van der Waals surface area contributed by atoms with Gasteiger partial charge in [-0.15, -0.1) is 0 Å². The number of aryl methyl sites for hydroxylation is 1. The highest BCUT2D eigenvalue weighted by molar-refractivity contribution is 5.61. The fourth-order valence-corrected chi connectivity index (χ4v) is 2.12. The number of halogens is 1. The van der Waals surface area contributed by atoms with Gasteiger partial charge in [-0.3, -0.25) is 4.68 Å². The van der Waals surface area contributed by atoms with Gasteiger partial charge in [-0.05, 0) is 30.2 Å². The maximum Gasteiger partial charge on any atom is 0.123 e. The van der Waals surface area contributed by atoms with Crippen molar-refractivity contribution in [3.63, 3.8) is 0 Å². The van der Waals surface area contributed by atoms with Gasteiger partial charge in [0.15, 0.2) is 0 Å². The highest BCUT2D eigenvalue weighted by Crippen LogP contribution is 2.19. The zero-order valence-electron chi connectivity index (χ0n) is 11.3. The molecule has 0 atom stereocenters. The molecule has 0 radical (unpaired) electrons. The predicted octanol–water partition coefficient (Wildman–Crippen LogP) is 4.05. The van der Waals surface area contributed by atoms with Gasteiger partial charge in [0.2, 0.25) is 0 Å². The summed E-state index contributed by atoms with van der Waals surface area (Å²) >= 11 is 0. The SMILES string of the molecule is Cc1ccc(-c2cnn(Cc3ccc(F)cc3)c2)cc1. The summed E-state index contributed by atoms with van der Waals surface area (Å²) in [6, 6.07) is 14.9. The smallest absolute Gasteiger partial charge is 0.123 e. The van der Waals surface area contributed by atoms with Crippen molar-refractivity contribution in [2.75, 3.05) is 0 Å². The Kier molecular flexibility index (Phi) is 3.33. The second-order valence-corrected chi connectivity index (χ2v) is 4.92. The fraction of sp³-hybridized carbons (Fsp3) is 0.118. The van der Waals surface area contributed by atoms with Gasteiger partial charge < -0.3 is 0 Å². The maximum absolute atomic E-state index is 12.9. The molecule has 0 N–H and O–H groups in total. The Morgan fingerprint density at radius 2 is 1.65 bits per heavy atom. The van der Waals surface area contributed by atoms with E-state index < -0.39 is 0 Å². The quantitative estimate of drug-likeness (QED) is 0.699. The van der Waals surface area contributed by atoms with E-state index in [9.17, 15) is 4.39 Å².